The fourth-order valence-corrected chi connectivity index (χ4v) is 1.86. The Morgan fingerprint density at radius 1 is 1.27 bits per heavy atom. The lowest BCUT2D eigenvalue weighted by Gasteiger charge is -2.07. The summed E-state index contributed by atoms with van der Waals surface area (Å²) in [5, 5.41) is 0. The Hall–Kier alpha value is -0.0500. The predicted molar refractivity (Wildman–Crippen MR) is 57.8 cm³/mol. The Morgan fingerprint density at radius 3 is 2.45 bits per heavy atom. The highest BCUT2D eigenvalue weighted by Crippen LogP contribution is 2.27. The van der Waals surface area contributed by atoms with Gasteiger partial charge in [-0.05, 0) is 12.0 Å². The van der Waals surface area contributed by atoms with Gasteiger partial charge in [0.25, 0.3) is 0 Å². The third-order valence-corrected chi connectivity index (χ3v) is 2.96. The van der Waals surface area contributed by atoms with Crippen molar-refractivity contribution in [3.63, 3.8) is 0 Å². The summed E-state index contributed by atoms with van der Waals surface area (Å²) in [5.41, 5.74) is 1.41. The van der Waals surface area contributed by atoms with Gasteiger partial charge >= 0.3 is 0 Å². The molecule has 0 aliphatic rings. The van der Waals surface area contributed by atoms with Gasteiger partial charge in [-0.15, -0.1) is 0 Å². The zero-order valence-electron chi connectivity index (χ0n) is 6.46. The van der Waals surface area contributed by atoms with E-state index in [9.17, 15) is 0 Å². The molecule has 0 aromatic heterocycles. The molecule has 1 heteroatoms. The number of benzene rings is 1. The van der Waals surface area contributed by atoms with Crippen molar-refractivity contribution < 1.29 is 0 Å². The normalized spacial score (nSPS) is 12.9. The standard InChI is InChI=1S/C10H12I/c1-2-6-10(11)9-7-4-3-5-8-9/h3-5,7-8,10H,1-2,6H2. The average molecular weight is 259 g/mol. The van der Waals surface area contributed by atoms with E-state index in [0.29, 0.717) is 3.92 Å². The van der Waals surface area contributed by atoms with Gasteiger partial charge in [0.2, 0.25) is 0 Å². The summed E-state index contributed by atoms with van der Waals surface area (Å²) in [6, 6.07) is 10.6. The molecule has 1 rings (SSSR count). The van der Waals surface area contributed by atoms with Crippen molar-refractivity contribution in [3.05, 3.63) is 42.8 Å². The summed E-state index contributed by atoms with van der Waals surface area (Å²) < 4.78 is 0.631. The third-order valence-electron chi connectivity index (χ3n) is 1.62. The van der Waals surface area contributed by atoms with Crippen molar-refractivity contribution in [2.24, 2.45) is 0 Å². The summed E-state index contributed by atoms with van der Waals surface area (Å²) in [7, 11) is 0. The van der Waals surface area contributed by atoms with Crippen LogP contribution in [0.5, 0.6) is 0 Å². The predicted octanol–water partition coefficient (Wildman–Crippen LogP) is 3.78. The van der Waals surface area contributed by atoms with E-state index in [-0.39, 0.29) is 0 Å². The van der Waals surface area contributed by atoms with E-state index in [4.69, 9.17) is 0 Å². The van der Waals surface area contributed by atoms with Crippen LogP contribution in [-0.4, -0.2) is 0 Å². The van der Waals surface area contributed by atoms with Crippen LogP contribution in [0.15, 0.2) is 30.3 Å². The average Bonchev–Trinajstić information content (AvgIpc) is 2.07. The minimum absolute atomic E-state index is 0.631. The first kappa shape index (κ1) is 9.04. The fraction of sp³-hybridized carbons (Fsp3) is 0.300. The summed E-state index contributed by atoms with van der Waals surface area (Å²) >= 11 is 2.47. The first-order chi connectivity index (χ1) is 5.34. The molecule has 1 aromatic carbocycles. The van der Waals surface area contributed by atoms with Crippen LogP contribution in [0.1, 0.15) is 22.3 Å². The van der Waals surface area contributed by atoms with Crippen LogP contribution >= 0.6 is 22.6 Å². The van der Waals surface area contributed by atoms with Gasteiger partial charge in [-0.2, -0.15) is 0 Å². The first-order valence-corrected chi connectivity index (χ1v) is 5.07. The zero-order chi connectivity index (χ0) is 8.10. The highest BCUT2D eigenvalue weighted by molar-refractivity contribution is 14.1. The Kier molecular flexibility index (Phi) is 3.91. The van der Waals surface area contributed by atoms with Crippen LogP contribution < -0.4 is 0 Å². The smallest absolute Gasteiger partial charge is 0.0359 e. The SMILES string of the molecule is [CH2]CCC(I)c1ccccc1. The minimum Gasteiger partial charge on any atom is -0.0774 e. The third kappa shape index (κ3) is 2.81. The van der Waals surface area contributed by atoms with E-state index < -0.39 is 0 Å². The van der Waals surface area contributed by atoms with Gasteiger partial charge in [-0.3, -0.25) is 0 Å². The zero-order valence-corrected chi connectivity index (χ0v) is 8.62. The van der Waals surface area contributed by atoms with E-state index in [1.807, 2.05) is 0 Å². The van der Waals surface area contributed by atoms with Gasteiger partial charge in [0.05, 0.1) is 0 Å². The minimum atomic E-state index is 0.631. The maximum atomic E-state index is 3.85. The Balaban J connectivity index is 2.61. The van der Waals surface area contributed by atoms with E-state index in [0.717, 1.165) is 6.42 Å². The second-order valence-electron chi connectivity index (χ2n) is 2.52. The van der Waals surface area contributed by atoms with Crippen LogP contribution in [-0.2, 0) is 0 Å². The van der Waals surface area contributed by atoms with Crippen molar-refractivity contribution in [2.45, 2.75) is 16.8 Å². The van der Waals surface area contributed by atoms with E-state index in [2.05, 4.69) is 59.8 Å². The van der Waals surface area contributed by atoms with Crippen molar-refractivity contribution in [1.82, 2.24) is 0 Å². The quantitative estimate of drug-likeness (QED) is 0.572. The maximum Gasteiger partial charge on any atom is 0.0359 e. The van der Waals surface area contributed by atoms with E-state index in [1.54, 1.807) is 0 Å². The topological polar surface area (TPSA) is 0 Å². The van der Waals surface area contributed by atoms with Crippen molar-refractivity contribution >= 4 is 22.6 Å². The van der Waals surface area contributed by atoms with Gasteiger partial charge in [-0.25, -0.2) is 0 Å². The molecular weight excluding hydrogens is 247 g/mol. The van der Waals surface area contributed by atoms with Gasteiger partial charge in [0.15, 0.2) is 0 Å². The van der Waals surface area contributed by atoms with Gasteiger partial charge in [-0.1, -0.05) is 66.3 Å². The molecule has 0 aliphatic heterocycles. The molecule has 1 aromatic rings. The van der Waals surface area contributed by atoms with Crippen LogP contribution in [0.25, 0.3) is 0 Å². The van der Waals surface area contributed by atoms with Crippen LogP contribution in [0.3, 0.4) is 0 Å². The lowest BCUT2D eigenvalue weighted by molar-refractivity contribution is 0.846. The molecule has 0 spiro atoms. The summed E-state index contributed by atoms with van der Waals surface area (Å²) in [5.74, 6) is 0. The summed E-state index contributed by atoms with van der Waals surface area (Å²) in [6.07, 6.45) is 2.19. The van der Waals surface area contributed by atoms with Gasteiger partial charge < -0.3 is 0 Å². The highest BCUT2D eigenvalue weighted by atomic mass is 127. The summed E-state index contributed by atoms with van der Waals surface area (Å²) in [4.78, 5) is 0. The molecule has 0 amide bonds. The van der Waals surface area contributed by atoms with Crippen LogP contribution in [0.4, 0.5) is 0 Å². The molecule has 0 saturated carbocycles. The molecule has 0 saturated heterocycles. The number of alkyl halides is 1. The molecule has 0 bridgehead atoms. The molecule has 0 nitrogen and oxygen atoms in total. The number of hydrogen-bond donors (Lipinski definition) is 0. The molecule has 0 N–H and O–H groups in total. The highest BCUT2D eigenvalue weighted by Gasteiger charge is 2.03. The Bertz CT molecular complexity index is 193. The van der Waals surface area contributed by atoms with Crippen molar-refractivity contribution in [2.75, 3.05) is 0 Å². The molecule has 11 heavy (non-hydrogen) atoms. The first-order valence-electron chi connectivity index (χ1n) is 3.83. The van der Waals surface area contributed by atoms with Crippen LogP contribution in [0.2, 0.25) is 0 Å². The summed E-state index contributed by atoms with van der Waals surface area (Å²) in [6.45, 7) is 3.85. The monoisotopic (exact) mass is 259 g/mol. The fourth-order valence-electron chi connectivity index (χ4n) is 1.01. The van der Waals surface area contributed by atoms with Crippen molar-refractivity contribution in [1.29, 1.82) is 0 Å². The second-order valence-corrected chi connectivity index (χ2v) is 4.02. The lowest BCUT2D eigenvalue weighted by atomic mass is 10.1. The number of halogens is 1. The van der Waals surface area contributed by atoms with Crippen LogP contribution in [0, 0.1) is 6.92 Å². The van der Waals surface area contributed by atoms with E-state index in [1.165, 1.54) is 12.0 Å². The molecule has 59 valence electrons. The number of rotatable bonds is 3. The second kappa shape index (κ2) is 4.75. The maximum absolute atomic E-state index is 3.85. The number of hydrogen-bond acceptors (Lipinski definition) is 0. The molecule has 0 heterocycles. The Labute approximate surface area is 82.2 Å². The Morgan fingerprint density at radius 2 is 1.91 bits per heavy atom. The largest absolute Gasteiger partial charge is 0.0774 e. The van der Waals surface area contributed by atoms with E-state index >= 15 is 0 Å². The van der Waals surface area contributed by atoms with Crippen molar-refractivity contribution in [3.8, 4) is 0 Å². The molecule has 0 aliphatic carbocycles. The van der Waals surface area contributed by atoms with Gasteiger partial charge in [0.1, 0.15) is 0 Å². The molecule has 1 unspecified atom stereocenters. The molecule has 0 fully saturated rings. The molecule has 1 radical (unpaired) electrons. The lowest BCUT2D eigenvalue weighted by Crippen LogP contribution is -1.87. The van der Waals surface area contributed by atoms with Gasteiger partial charge in [0, 0.05) is 3.92 Å². The molecular formula is C10H12I. The molecule has 1 atom stereocenters.